The standard InChI is InChI=1S/C14H24O2/c1-4-5-6-7-8-9-13-14(2,3)12(15)10-11-16-13/h10-11,13H,4-9H2,1-3H3/t13-/m1/s1. The molecule has 92 valence electrons. The van der Waals surface area contributed by atoms with Crippen molar-refractivity contribution in [3.05, 3.63) is 12.3 Å². The van der Waals surface area contributed by atoms with Crippen LogP contribution >= 0.6 is 0 Å². The number of ether oxygens (including phenoxy) is 1. The summed E-state index contributed by atoms with van der Waals surface area (Å²) in [4.78, 5) is 11.7. The monoisotopic (exact) mass is 224 g/mol. The lowest BCUT2D eigenvalue weighted by atomic mass is 9.78. The van der Waals surface area contributed by atoms with Gasteiger partial charge in [-0.2, -0.15) is 0 Å². The van der Waals surface area contributed by atoms with Gasteiger partial charge in [0.15, 0.2) is 5.78 Å². The van der Waals surface area contributed by atoms with Gasteiger partial charge in [0.2, 0.25) is 0 Å². The van der Waals surface area contributed by atoms with Crippen LogP contribution in [0.3, 0.4) is 0 Å². The highest BCUT2D eigenvalue weighted by Gasteiger charge is 2.38. The van der Waals surface area contributed by atoms with Gasteiger partial charge in [-0.05, 0) is 26.7 Å². The average Bonchev–Trinajstić information content (AvgIpc) is 2.24. The molecular formula is C14H24O2. The Morgan fingerprint density at radius 3 is 2.62 bits per heavy atom. The van der Waals surface area contributed by atoms with Crippen molar-refractivity contribution < 1.29 is 9.53 Å². The van der Waals surface area contributed by atoms with E-state index in [4.69, 9.17) is 4.74 Å². The minimum absolute atomic E-state index is 0.0617. The molecule has 2 heteroatoms. The average molecular weight is 224 g/mol. The van der Waals surface area contributed by atoms with Crippen molar-refractivity contribution >= 4 is 5.78 Å². The second-order valence-electron chi connectivity index (χ2n) is 5.22. The molecule has 0 amide bonds. The third kappa shape index (κ3) is 3.36. The molecule has 0 bridgehead atoms. The quantitative estimate of drug-likeness (QED) is 0.640. The fourth-order valence-corrected chi connectivity index (χ4v) is 2.10. The van der Waals surface area contributed by atoms with Crippen LogP contribution in [0, 0.1) is 5.41 Å². The normalized spacial score (nSPS) is 23.2. The zero-order chi connectivity index (χ0) is 12.0. The Hall–Kier alpha value is -0.790. The Morgan fingerprint density at radius 1 is 1.25 bits per heavy atom. The molecule has 0 aromatic rings. The number of hydrogen-bond donors (Lipinski definition) is 0. The Kier molecular flexibility index (Phi) is 5.04. The van der Waals surface area contributed by atoms with Gasteiger partial charge in [0.05, 0.1) is 11.7 Å². The first-order valence-electron chi connectivity index (χ1n) is 6.45. The van der Waals surface area contributed by atoms with Gasteiger partial charge in [-0.3, -0.25) is 4.79 Å². The molecule has 0 N–H and O–H groups in total. The molecule has 0 aromatic carbocycles. The van der Waals surface area contributed by atoms with E-state index in [9.17, 15) is 4.79 Å². The number of carbonyl (C=O) groups excluding carboxylic acids is 1. The summed E-state index contributed by atoms with van der Waals surface area (Å²) in [7, 11) is 0. The predicted octanol–water partition coefficient (Wildman–Crippen LogP) is 3.85. The lowest BCUT2D eigenvalue weighted by Gasteiger charge is -2.34. The van der Waals surface area contributed by atoms with Crippen LogP contribution in [-0.2, 0) is 9.53 Å². The van der Waals surface area contributed by atoms with E-state index in [-0.39, 0.29) is 17.3 Å². The van der Waals surface area contributed by atoms with Crippen LogP contribution in [0.1, 0.15) is 59.3 Å². The van der Waals surface area contributed by atoms with E-state index >= 15 is 0 Å². The third-order valence-electron chi connectivity index (χ3n) is 3.47. The van der Waals surface area contributed by atoms with Crippen molar-refractivity contribution in [2.45, 2.75) is 65.4 Å². The Bertz CT molecular complexity index is 253. The number of hydrogen-bond acceptors (Lipinski definition) is 2. The van der Waals surface area contributed by atoms with Gasteiger partial charge in [-0.15, -0.1) is 0 Å². The van der Waals surface area contributed by atoms with Crippen molar-refractivity contribution in [2.75, 3.05) is 0 Å². The maximum absolute atomic E-state index is 11.7. The van der Waals surface area contributed by atoms with Gasteiger partial charge >= 0.3 is 0 Å². The molecule has 16 heavy (non-hydrogen) atoms. The molecule has 0 spiro atoms. The number of allylic oxidation sites excluding steroid dienone is 1. The summed E-state index contributed by atoms with van der Waals surface area (Å²) in [5.41, 5.74) is -0.348. The largest absolute Gasteiger partial charge is 0.497 e. The summed E-state index contributed by atoms with van der Waals surface area (Å²) in [5, 5.41) is 0. The minimum atomic E-state index is -0.348. The second kappa shape index (κ2) is 6.07. The van der Waals surface area contributed by atoms with Crippen molar-refractivity contribution in [3.8, 4) is 0 Å². The van der Waals surface area contributed by atoms with Crippen molar-refractivity contribution in [3.63, 3.8) is 0 Å². The number of unbranched alkanes of at least 4 members (excludes halogenated alkanes) is 4. The molecule has 2 nitrogen and oxygen atoms in total. The summed E-state index contributed by atoms with van der Waals surface area (Å²) in [5.74, 6) is 0.192. The molecular weight excluding hydrogens is 200 g/mol. The van der Waals surface area contributed by atoms with E-state index < -0.39 is 0 Å². The molecule has 1 aliphatic heterocycles. The molecule has 0 aliphatic carbocycles. The summed E-state index contributed by atoms with van der Waals surface area (Å²) in [6, 6.07) is 0. The van der Waals surface area contributed by atoms with Gasteiger partial charge in [0, 0.05) is 6.08 Å². The summed E-state index contributed by atoms with van der Waals surface area (Å²) in [6.07, 6.45) is 10.5. The highest BCUT2D eigenvalue weighted by molar-refractivity contribution is 5.95. The van der Waals surface area contributed by atoms with Gasteiger partial charge in [-0.1, -0.05) is 32.6 Å². The van der Waals surface area contributed by atoms with Crippen LogP contribution in [0.2, 0.25) is 0 Å². The fourth-order valence-electron chi connectivity index (χ4n) is 2.10. The van der Waals surface area contributed by atoms with Crippen molar-refractivity contribution in [1.82, 2.24) is 0 Å². The Labute approximate surface area is 99.1 Å². The second-order valence-corrected chi connectivity index (χ2v) is 5.22. The first-order valence-corrected chi connectivity index (χ1v) is 6.45. The summed E-state index contributed by atoms with van der Waals surface area (Å²) >= 11 is 0. The molecule has 0 saturated heterocycles. The van der Waals surface area contributed by atoms with Crippen molar-refractivity contribution in [1.29, 1.82) is 0 Å². The maximum atomic E-state index is 11.7. The van der Waals surface area contributed by atoms with E-state index in [0.29, 0.717) is 0 Å². The molecule has 1 heterocycles. The lowest BCUT2D eigenvalue weighted by molar-refractivity contribution is -0.131. The summed E-state index contributed by atoms with van der Waals surface area (Å²) < 4.78 is 5.57. The topological polar surface area (TPSA) is 26.3 Å². The predicted molar refractivity (Wildman–Crippen MR) is 66.2 cm³/mol. The van der Waals surface area contributed by atoms with Gasteiger partial charge in [-0.25, -0.2) is 0 Å². The highest BCUT2D eigenvalue weighted by Crippen LogP contribution is 2.32. The molecule has 0 fully saturated rings. The van der Waals surface area contributed by atoms with E-state index in [2.05, 4.69) is 6.92 Å². The van der Waals surface area contributed by atoms with Crippen LogP contribution < -0.4 is 0 Å². The fraction of sp³-hybridized carbons (Fsp3) is 0.786. The molecule has 1 aliphatic rings. The lowest BCUT2D eigenvalue weighted by Crippen LogP contribution is -2.39. The summed E-state index contributed by atoms with van der Waals surface area (Å²) in [6.45, 7) is 6.18. The number of carbonyl (C=O) groups is 1. The van der Waals surface area contributed by atoms with Crippen LogP contribution in [0.25, 0.3) is 0 Å². The number of ketones is 1. The molecule has 1 rings (SSSR count). The van der Waals surface area contributed by atoms with Gasteiger partial charge in [0.1, 0.15) is 6.10 Å². The van der Waals surface area contributed by atoms with Gasteiger partial charge < -0.3 is 4.74 Å². The van der Waals surface area contributed by atoms with Crippen molar-refractivity contribution in [2.24, 2.45) is 5.41 Å². The SMILES string of the molecule is CCCCCCC[C@H]1OC=CC(=O)C1(C)C. The van der Waals surface area contributed by atoms with Crippen LogP contribution in [0.5, 0.6) is 0 Å². The first kappa shape index (κ1) is 13.3. The Balaban J connectivity index is 2.31. The Morgan fingerprint density at radius 2 is 1.94 bits per heavy atom. The molecule has 0 saturated carbocycles. The van der Waals surface area contributed by atoms with E-state index in [1.165, 1.54) is 25.7 Å². The molecule has 0 radical (unpaired) electrons. The van der Waals surface area contributed by atoms with E-state index in [1.54, 1.807) is 12.3 Å². The molecule has 1 atom stereocenters. The molecule has 0 aromatic heterocycles. The highest BCUT2D eigenvalue weighted by atomic mass is 16.5. The van der Waals surface area contributed by atoms with E-state index in [0.717, 1.165) is 12.8 Å². The zero-order valence-electron chi connectivity index (χ0n) is 10.8. The van der Waals surface area contributed by atoms with Crippen LogP contribution in [0.15, 0.2) is 12.3 Å². The van der Waals surface area contributed by atoms with Crippen LogP contribution in [-0.4, -0.2) is 11.9 Å². The minimum Gasteiger partial charge on any atom is -0.497 e. The van der Waals surface area contributed by atoms with Gasteiger partial charge in [0.25, 0.3) is 0 Å². The first-order chi connectivity index (χ1) is 7.59. The zero-order valence-corrected chi connectivity index (χ0v) is 10.8. The van der Waals surface area contributed by atoms with Crippen LogP contribution in [0.4, 0.5) is 0 Å². The van der Waals surface area contributed by atoms with E-state index in [1.807, 2.05) is 13.8 Å². The maximum Gasteiger partial charge on any atom is 0.168 e. The molecule has 0 unspecified atom stereocenters. The number of rotatable bonds is 6. The third-order valence-corrected chi connectivity index (χ3v) is 3.47. The smallest absolute Gasteiger partial charge is 0.168 e.